The molecule has 4 unspecified atom stereocenters. The molecule has 1 saturated heterocycles. The van der Waals surface area contributed by atoms with Crippen molar-refractivity contribution in [1.29, 1.82) is 0 Å². The second-order valence-corrected chi connectivity index (χ2v) is 8.64. The highest BCUT2D eigenvalue weighted by molar-refractivity contribution is 5.93. The van der Waals surface area contributed by atoms with E-state index in [-0.39, 0.29) is 29.6 Å². The molecule has 2 aliphatic rings. The van der Waals surface area contributed by atoms with Gasteiger partial charge in [0.25, 0.3) is 0 Å². The highest BCUT2D eigenvalue weighted by atomic mass is 16.2. The fourth-order valence-electron chi connectivity index (χ4n) is 4.40. The van der Waals surface area contributed by atoms with E-state index in [0.29, 0.717) is 19.0 Å². The molecule has 0 spiro atoms. The molecule has 0 aromatic heterocycles. The van der Waals surface area contributed by atoms with Crippen molar-refractivity contribution in [2.75, 3.05) is 18.4 Å². The predicted molar refractivity (Wildman–Crippen MR) is 116 cm³/mol. The second kappa shape index (κ2) is 8.40. The Balaban J connectivity index is 1.53. The van der Waals surface area contributed by atoms with Crippen molar-refractivity contribution in [1.82, 2.24) is 4.90 Å². The summed E-state index contributed by atoms with van der Waals surface area (Å²) in [5.41, 5.74) is 3.34. The van der Waals surface area contributed by atoms with Crippen molar-refractivity contribution < 1.29 is 9.59 Å². The third kappa shape index (κ3) is 4.52. The summed E-state index contributed by atoms with van der Waals surface area (Å²) in [7, 11) is 0. The van der Waals surface area contributed by atoms with Crippen LogP contribution in [-0.2, 0) is 16.0 Å². The van der Waals surface area contributed by atoms with Crippen LogP contribution in [0.1, 0.15) is 43.7 Å². The first-order valence-electron chi connectivity index (χ1n) is 10.8. The number of likely N-dealkylation sites (tertiary alicyclic amines) is 1. The summed E-state index contributed by atoms with van der Waals surface area (Å²) in [6.07, 6.45) is 2.76. The molecule has 0 bridgehead atoms. The third-order valence-electron chi connectivity index (χ3n) is 6.46. The minimum atomic E-state index is -0.196. The smallest absolute Gasteiger partial charge is 0.229 e. The molecule has 4 heteroatoms. The summed E-state index contributed by atoms with van der Waals surface area (Å²) in [6, 6.07) is 18.2. The Labute approximate surface area is 173 Å². The Kier molecular flexibility index (Phi) is 5.70. The predicted octanol–water partition coefficient (Wildman–Crippen LogP) is 4.48. The van der Waals surface area contributed by atoms with Crippen LogP contribution in [0.3, 0.4) is 0 Å². The lowest BCUT2D eigenvalue weighted by Gasteiger charge is -2.37. The molecule has 2 amide bonds. The molecule has 2 aromatic rings. The summed E-state index contributed by atoms with van der Waals surface area (Å²) >= 11 is 0. The van der Waals surface area contributed by atoms with E-state index >= 15 is 0 Å². The number of carbonyl (C=O) groups excluding carboxylic acids is 2. The number of rotatable bonds is 5. The van der Waals surface area contributed by atoms with Gasteiger partial charge in [-0.15, -0.1) is 0 Å². The number of hydrogen-bond donors (Lipinski definition) is 1. The molecule has 29 heavy (non-hydrogen) atoms. The number of anilines is 1. The van der Waals surface area contributed by atoms with Crippen LogP contribution in [0.5, 0.6) is 0 Å². The average Bonchev–Trinajstić information content (AvgIpc) is 3.50. The van der Waals surface area contributed by atoms with Gasteiger partial charge in [0.15, 0.2) is 0 Å². The van der Waals surface area contributed by atoms with Crippen LogP contribution in [0.2, 0.25) is 0 Å². The first-order valence-corrected chi connectivity index (χ1v) is 10.8. The summed E-state index contributed by atoms with van der Waals surface area (Å²) in [6.45, 7) is 5.51. The van der Waals surface area contributed by atoms with Gasteiger partial charge in [-0.2, -0.15) is 0 Å². The summed E-state index contributed by atoms with van der Waals surface area (Å²) in [4.78, 5) is 27.9. The minimum Gasteiger partial charge on any atom is -0.341 e. The van der Waals surface area contributed by atoms with Crippen LogP contribution in [0.15, 0.2) is 54.6 Å². The SMILES string of the molecule is CCc1ccc(C2CC(C(=O)Nc3ccccc3)CN(C(=O)C3CC3C)C2)cc1. The van der Waals surface area contributed by atoms with Crippen LogP contribution in [0.4, 0.5) is 5.69 Å². The van der Waals surface area contributed by atoms with Crippen molar-refractivity contribution in [3.05, 3.63) is 65.7 Å². The van der Waals surface area contributed by atoms with Crippen LogP contribution in [0.25, 0.3) is 0 Å². The quantitative estimate of drug-likeness (QED) is 0.819. The lowest BCUT2D eigenvalue weighted by molar-refractivity contribution is -0.136. The van der Waals surface area contributed by atoms with E-state index in [1.807, 2.05) is 35.2 Å². The van der Waals surface area contributed by atoms with E-state index in [1.165, 1.54) is 11.1 Å². The second-order valence-electron chi connectivity index (χ2n) is 8.64. The van der Waals surface area contributed by atoms with E-state index in [2.05, 4.69) is 43.4 Å². The first kappa shape index (κ1) is 19.7. The number of piperidine rings is 1. The number of amides is 2. The van der Waals surface area contributed by atoms with E-state index < -0.39 is 0 Å². The molecule has 1 saturated carbocycles. The molecular formula is C25H30N2O2. The Morgan fingerprint density at radius 2 is 1.69 bits per heavy atom. The van der Waals surface area contributed by atoms with Crippen molar-refractivity contribution in [3.8, 4) is 0 Å². The van der Waals surface area contributed by atoms with Crippen molar-refractivity contribution in [2.24, 2.45) is 17.8 Å². The Bertz CT molecular complexity index is 862. The average molecular weight is 391 g/mol. The molecule has 1 aliphatic heterocycles. The number of aryl methyl sites for hydroxylation is 1. The normalized spacial score (nSPS) is 26.1. The summed E-state index contributed by atoms with van der Waals surface area (Å²) in [5.74, 6) is 0.854. The third-order valence-corrected chi connectivity index (χ3v) is 6.46. The lowest BCUT2D eigenvalue weighted by atomic mass is 9.83. The lowest BCUT2D eigenvalue weighted by Crippen LogP contribution is -2.47. The number of benzene rings is 2. The summed E-state index contributed by atoms with van der Waals surface area (Å²) in [5, 5.41) is 3.04. The van der Waals surface area contributed by atoms with E-state index in [9.17, 15) is 9.59 Å². The fraction of sp³-hybridized carbons (Fsp3) is 0.440. The van der Waals surface area contributed by atoms with Gasteiger partial charge < -0.3 is 10.2 Å². The van der Waals surface area contributed by atoms with Crippen molar-refractivity contribution in [2.45, 2.75) is 39.0 Å². The zero-order valence-electron chi connectivity index (χ0n) is 17.3. The standard InChI is InChI=1S/C25H30N2O2/c1-3-18-9-11-19(12-10-18)20-14-21(24(28)26-22-7-5-4-6-8-22)16-27(15-20)25(29)23-13-17(23)2/h4-12,17,20-21,23H,3,13-16H2,1-2H3,(H,26,28). The zero-order valence-corrected chi connectivity index (χ0v) is 17.3. The maximum Gasteiger partial charge on any atom is 0.229 e. The Morgan fingerprint density at radius 3 is 2.31 bits per heavy atom. The van der Waals surface area contributed by atoms with Gasteiger partial charge >= 0.3 is 0 Å². The molecule has 1 N–H and O–H groups in total. The maximum atomic E-state index is 13.0. The molecule has 2 fully saturated rings. The Morgan fingerprint density at radius 1 is 1.00 bits per heavy atom. The minimum absolute atomic E-state index is 0.00715. The largest absolute Gasteiger partial charge is 0.341 e. The molecular weight excluding hydrogens is 360 g/mol. The molecule has 4 nitrogen and oxygen atoms in total. The van der Waals surface area contributed by atoms with Crippen LogP contribution >= 0.6 is 0 Å². The van der Waals surface area contributed by atoms with Crippen molar-refractivity contribution in [3.63, 3.8) is 0 Å². The van der Waals surface area contributed by atoms with Crippen LogP contribution < -0.4 is 5.32 Å². The highest BCUT2D eigenvalue weighted by Gasteiger charge is 2.44. The van der Waals surface area contributed by atoms with Crippen LogP contribution in [-0.4, -0.2) is 29.8 Å². The molecule has 1 heterocycles. The zero-order chi connectivity index (χ0) is 20.4. The van der Waals surface area contributed by atoms with Crippen LogP contribution in [0, 0.1) is 17.8 Å². The maximum absolute atomic E-state index is 13.0. The van der Waals surface area contributed by atoms with E-state index in [4.69, 9.17) is 0 Å². The first-order chi connectivity index (χ1) is 14.0. The number of nitrogens with one attached hydrogen (secondary N) is 1. The van der Waals surface area contributed by atoms with Gasteiger partial charge in [-0.05, 0) is 48.4 Å². The molecule has 152 valence electrons. The molecule has 1 aliphatic carbocycles. The molecule has 2 aromatic carbocycles. The van der Waals surface area contributed by atoms with Gasteiger partial charge in [0.1, 0.15) is 0 Å². The van der Waals surface area contributed by atoms with Gasteiger partial charge in [0.05, 0.1) is 5.92 Å². The van der Waals surface area contributed by atoms with Gasteiger partial charge in [0, 0.05) is 30.6 Å². The monoisotopic (exact) mass is 390 g/mol. The Hall–Kier alpha value is -2.62. The van der Waals surface area contributed by atoms with E-state index in [1.54, 1.807) is 0 Å². The van der Waals surface area contributed by atoms with E-state index in [0.717, 1.165) is 24.9 Å². The van der Waals surface area contributed by atoms with Gasteiger partial charge in [-0.1, -0.05) is 56.3 Å². The number of hydrogen-bond acceptors (Lipinski definition) is 2. The fourth-order valence-corrected chi connectivity index (χ4v) is 4.40. The van der Waals surface area contributed by atoms with Gasteiger partial charge in [-0.3, -0.25) is 9.59 Å². The summed E-state index contributed by atoms with van der Waals surface area (Å²) < 4.78 is 0. The van der Waals surface area contributed by atoms with Crippen molar-refractivity contribution >= 4 is 17.5 Å². The topological polar surface area (TPSA) is 49.4 Å². The molecule has 4 atom stereocenters. The van der Waals surface area contributed by atoms with Gasteiger partial charge in [-0.25, -0.2) is 0 Å². The number of nitrogens with zero attached hydrogens (tertiary/aromatic N) is 1. The number of para-hydroxylation sites is 1. The highest BCUT2D eigenvalue weighted by Crippen LogP contribution is 2.41. The molecule has 4 rings (SSSR count). The van der Waals surface area contributed by atoms with Gasteiger partial charge in [0.2, 0.25) is 11.8 Å². The number of carbonyl (C=O) groups is 2. The molecule has 0 radical (unpaired) electrons.